The minimum absolute atomic E-state index is 0.150. The van der Waals surface area contributed by atoms with Crippen LogP contribution in [0, 0.1) is 23.2 Å². The first-order valence-electron chi connectivity index (χ1n) is 6.54. The largest absolute Gasteiger partial charge is 0.481 e. The molecule has 1 heterocycles. The Labute approximate surface area is 123 Å². The van der Waals surface area contributed by atoms with Crippen molar-refractivity contribution >= 4 is 16.0 Å². The highest BCUT2D eigenvalue weighted by Gasteiger charge is 2.40. The van der Waals surface area contributed by atoms with Crippen molar-refractivity contribution in [2.45, 2.75) is 12.7 Å². The van der Waals surface area contributed by atoms with Crippen LogP contribution in [-0.2, 0) is 20.6 Å². The lowest BCUT2D eigenvalue weighted by molar-refractivity contribution is -0.144. The molecule has 21 heavy (non-hydrogen) atoms. The lowest BCUT2D eigenvalue weighted by atomic mass is 9.89. The molecule has 1 saturated heterocycles. The van der Waals surface area contributed by atoms with Crippen LogP contribution in [0.3, 0.4) is 0 Å². The topological polar surface area (TPSA) is 98.5 Å². The molecule has 6 nitrogen and oxygen atoms in total. The summed E-state index contributed by atoms with van der Waals surface area (Å²) in [6, 6.07) is 8.55. The summed E-state index contributed by atoms with van der Waals surface area (Å²) in [7, 11) is -3.51. The summed E-state index contributed by atoms with van der Waals surface area (Å²) in [5.41, 5.74) is 0.812. The van der Waals surface area contributed by atoms with Gasteiger partial charge in [-0.15, -0.1) is 0 Å². The summed E-state index contributed by atoms with van der Waals surface area (Å²) in [6.07, 6.45) is 0. The van der Waals surface area contributed by atoms with E-state index in [0.717, 1.165) is 0 Å². The number of nitrogens with zero attached hydrogens (tertiary/aromatic N) is 2. The SMILES string of the molecule is CC(C(=O)O)C1CN(S(=O)(=O)Cc2ccccc2C#N)C1. The fourth-order valence-corrected chi connectivity index (χ4v) is 3.92. The molecular formula is C14H16N2O4S. The zero-order valence-corrected chi connectivity index (χ0v) is 12.4. The molecule has 1 unspecified atom stereocenters. The molecular weight excluding hydrogens is 292 g/mol. The number of nitriles is 1. The molecule has 1 aromatic rings. The van der Waals surface area contributed by atoms with Gasteiger partial charge in [-0.1, -0.05) is 25.1 Å². The first-order valence-corrected chi connectivity index (χ1v) is 8.14. The van der Waals surface area contributed by atoms with Crippen LogP contribution >= 0.6 is 0 Å². The Morgan fingerprint density at radius 2 is 2.10 bits per heavy atom. The third kappa shape index (κ3) is 3.23. The van der Waals surface area contributed by atoms with Crippen molar-refractivity contribution in [2.75, 3.05) is 13.1 Å². The fourth-order valence-electron chi connectivity index (χ4n) is 2.26. The molecule has 1 fully saturated rings. The van der Waals surface area contributed by atoms with E-state index >= 15 is 0 Å². The first kappa shape index (κ1) is 15.5. The molecule has 0 radical (unpaired) electrons. The zero-order valence-electron chi connectivity index (χ0n) is 11.6. The van der Waals surface area contributed by atoms with Crippen LogP contribution in [0.5, 0.6) is 0 Å². The van der Waals surface area contributed by atoms with Crippen LogP contribution in [0.25, 0.3) is 0 Å². The summed E-state index contributed by atoms with van der Waals surface area (Å²) < 4.78 is 25.8. The van der Waals surface area contributed by atoms with Crippen LogP contribution in [-0.4, -0.2) is 36.9 Å². The molecule has 112 valence electrons. The van der Waals surface area contributed by atoms with E-state index in [4.69, 9.17) is 10.4 Å². The van der Waals surface area contributed by atoms with Crippen molar-refractivity contribution < 1.29 is 18.3 Å². The minimum Gasteiger partial charge on any atom is -0.481 e. The summed E-state index contributed by atoms with van der Waals surface area (Å²) in [4.78, 5) is 10.9. The lowest BCUT2D eigenvalue weighted by Crippen LogP contribution is -2.53. The Hall–Kier alpha value is -1.91. The number of rotatable bonds is 5. The highest BCUT2D eigenvalue weighted by atomic mass is 32.2. The van der Waals surface area contributed by atoms with E-state index in [2.05, 4.69) is 0 Å². The maximum atomic E-state index is 12.3. The molecule has 0 saturated carbocycles. The van der Waals surface area contributed by atoms with Crippen LogP contribution in [0.1, 0.15) is 18.1 Å². The van der Waals surface area contributed by atoms with E-state index in [9.17, 15) is 13.2 Å². The van der Waals surface area contributed by atoms with Crippen molar-refractivity contribution in [3.8, 4) is 6.07 Å². The van der Waals surface area contributed by atoms with E-state index in [1.165, 1.54) is 4.31 Å². The Morgan fingerprint density at radius 3 is 2.67 bits per heavy atom. The zero-order chi connectivity index (χ0) is 15.6. The molecule has 7 heteroatoms. The van der Waals surface area contributed by atoms with Gasteiger partial charge in [0, 0.05) is 13.1 Å². The molecule has 1 atom stereocenters. The number of hydrogen-bond donors (Lipinski definition) is 1. The van der Waals surface area contributed by atoms with Gasteiger partial charge in [0.25, 0.3) is 0 Å². The van der Waals surface area contributed by atoms with Crippen LogP contribution in [0.4, 0.5) is 0 Å². The molecule has 0 aliphatic carbocycles. The lowest BCUT2D eigenvalue weighted by Gasteiger charge is -2.40. The van der Waals surface area contributed by atoms with Crippen LogP contribution < -0.4 is 0 Å². The van der Waals surface area contributed by atoms with E-state index in [1.807, 2.05) is 6.07 Å². The second-order valence-electron chi connectivity index (χ2n) is 5.23. The normalized spacial score (nSPS) is 17.7. The highest BCUT2D eigenvalue weighted by molar-refractivity contribution is 7.88. The maximum Gasteiger partial charge on any atom is 0.306 e. The molecule has 0 amide bonds. The predicted molar refractivity (Wildman–Crippen MR) is 75.6 cm³/mol. The van der Waals surface area contributed by atoms with E-state index in [0.29, 0.717) is 11.1 Å². The fraction of sp³-hybridized carbons (Fsp3) is 0.429. The number of sulfonamides is 1. The van der Waals surface area contributed by atoms with Gasteiger partial charge in [0.05, 0.1) is 23.3 Å². The highest BCUT2D eigenvalue weighted by Crippen LogP contribution is 2.28. The molecule has 2 rings (SSSR count). The molecule has 0 aromatic heterocycles. The van der Waals surface area contributed by atoms with Crippen LogP contribution in [0.2, 0.25) is 0 Å². The first-order chi connectivity index (χ1) is 9.85. The van der Waals surface area contributed by atoms with Gasteiger partial charge < -0.3 is 5.11 Å². The minimum atomic E-state index is -3.51. The molecule has 0 spiro atoms. The summed E-state index contributed by atoms with van der Waals surface area (Å²) >= 11 is 0. The monoisotopic (exact) mass is 308 g/mol. The quantitative estimate of drug-likeness (QED) is 0.876. The van der Waals surface area contributed by atoms with Crippen molar-refractivity contribution in [2.24, 2.45) is 11.8 Å². The molecule has 1 aromatic carbocycles. The van der Waals surface area contributed by atoms with Gasteiger partial charge >= 0.3 is 5.97 Å². The van der Waals surface area contributed by atoms with E-state index in [-0.39, 0.29) is 24.8 Å². The average Bonchev–Trinajstić information content (AvgIpc) is 2.36. The van der Waals surface area contributed by atoms with Gasteiger partial charge in [0.2, 0.25) is 10.0 Å². The standard InChI is InChI=1S/C14H16N2O4S/c1-10(14(17)18)13-7-16(8-13)21(19,20)9-12-5-3-2-4-11(12)6-15/h2-5,10,13H,7-9H2,1H3,(H,17,18). The third-order valence-corrected chi connectivity index (χ3v) is 5.60. The predicted octanol–water partition coefficient (Wildman–Crippen LogP) is 1.04. The van der Waals surface area contributed by atoms with Gasteiger partial charge in [-0.05, 0) is 17.5 Å². The van der Waals surface area contributed by atoms with E-state index < -0.39 is 21.9 Å². The smallest absolute Gasteiger partial charge is 0.306 e. The van der Waals surface area contributed by atoms with Gasteiger partial charge in [0.1, 0.15) is 0 Å². The maximum absolute atomic E-state index is 12.3. The number of aliphatic carboxylic acids is 1. The molecule has 1 aliphatic heterocycles. The number of carboxylic acid groups (broad SMARTS) is 1. The van der Waals surface area contributed by atoms with Crippen molar-refractivity contribution in [3.05, 3.63) is 35.4 Å². The van der Waals surface area contributed by atoms with Crippen molar-refractivity contribution in [1.82, 2.24) is 4.31 Å². The molecule has 1 aliphatic rings. The van der Waals surface area contributed by atoms with Crippen LogP contribution in [0.15, 0.2) is 24.3 Å². The number of carbonyl (C=O) groups is 1. The van der Waals surface area contributed by atoms with E-state index in [1.54, 1.807) is 31.2 Å². The molecule has 1 N–H and O–H groups in total. The van der Waals surface area contributed by atoms with Gasteiger partial charge in [0.15, 0.2) is 0 Å². The summed E-state index contributed by atoms with van der Waals surface area (Å²) in [6.45, 7) is 2.04. The number of hydrogen-bond acceptors (Lipinski definition) is 4. The van der Waals surface area contributed by atoms with Gasteiger partial charge in [-0.2, -0.15) is 5.26 Å². The summed E-state index contributed by atoms with van der Waals surface area (Å²) in [5, 5.41) is 17.9. The second-order valence-corrected chi connectivity index (χ2v) is 7.20. The Morgan fingerprint density at radius 1 is 1.48 bits per heavy atom. The van der Waals surface area contributed by atoms with Crippen molar-refractivity contribution in [1.29, 1.82) is 5.26 Å². The summed E-state index contributed by atoms with van der Waals surface area (Å²) in [5.74, 6) is -1.84. The van der Waals surface area contributed by atoms with Gasteiger partial charge in [-0.3, -0.25) is 4.79 Å². The third-order valence-electron chi connectivity index (χ3n) is 3.84. The average molecular weight is 308 g/mol. The molecule has 0 bridgehead atoms. The Kier molecular flexibility index (Phi) is 4.30. The number of benzene rings is 1. The van der Waals surface area contributed by atoms with Crippen molar-refractivity contribution in [3.63, 3.8) is 0 Å². The second kappa shape index (κ2) is 5.84. The number of carboxylic acids is 1. The Bertz CT molecular complexity index is 687. The van der Waals surface area contributed by atoms with Gasteiger partial charge in [-0.25, -0.2) is 12.7 Å². The Balaban J connectivity index is 2.05.